The molecule has 0 aromatic heterocycles. The van der Waals surface area contributed by atoms with E-state index in [1.165, 1.54) is 4.90 Å². The van der Waals surface area contributed by atoms with Crippen LogP contribution in [0.3, 0.4) is 0 Å². The van der Waals surface area contributed by atoms with Gasteiger partial charge in [0.15, 0.2) is 0 Å². The molecule has 2 aromatic carbocycles. The summed E-state index contributed by atoms with van der Waals surface area (Å²) < 4.78 is 6.11. The minimum atomic E-state index is -0.676. The van der Waals surface area contributed by atoms with E-state index in [4.69, 9.17) is 4.74 Å². The molecule has 0 radical (unpaired) electrons. The van der Waals surface area contributed by atoms with Crippen molar-refractivity contribution in [2.45, 2.75) is 13.0 Å². The van der Waals surface area contributed by atoms with Crippen LogP contribution in [0.2, 0.25) is 0 Å². The Kier molecular flexibility index (Phi) is 6.63. The summed E-state index contributed by atoms with van der Waals surface area (Å²) in [5.74, 6) is -0.781. The smallest absolute Gasteiger partial charge is 0.295 e. The highest BCUT2D eigenvalue weighted by Gasteiger charge is 2.45. The molecule has 30 heavy (non-hydrogen) atoms. The summed E-state index contributed by atoms with van der Waals surface area (Å²) in [6.45, 7) is 2.82. The van der Waals surface area contributed by atoms with E-state index in [1.807, 2.05) is 50.2 Å². The monoisotopic (exact) mass is 472 g/mol. The Labute approximate surface area is 184 Å². The molecule has 3 rings (SSSR count). The number of rotatable bonds is 6. The Hall–Kier alpha value is -2.64. The molecule has 1 aliphatic rings. The number of ether oxygens (including phenoxy) is 1. The first-order valence-electron chi connectivity index (χ1n) is 9.58. The summed E-state index contributed by atoms with van der Waals surface area (Å²) >= 11 is 3.46. The van der Waals surface area contributed by atoms with Crippen LogP contribution in [0.25, 0.3) is 5.76 Å². The Balaban J connectivity index is 2.16. The van der Waals surface area contributed by atoms with Crippen molar-refractivity contribution >= 4 is 33.4 Å². The standard InChI is InChI=1S/C23H25BrN2O4/c1-14-12-16(8-9-18(14)30-4)21(27)19-20(15-6-5-7-17(24)13-15)26(11-10-25(2)3)23(29)22(19)28/h5-9,12-13,20,27H,10-11H2,1-4H3/b21-19+/t20-/m0/s1. The van der Waals surface area contributed by atoms with Gasteiger partial charge in [-0.1, -0.05) is 28.1 Å². The highest BCUT2D eigenvalue weighted by molar-refractivity contribution is 9.10. The number of hydrogen-bond donors (Lipinski definition) is 1. The van der Waals surface area contributed by atoms with Gasteiger partial charge in [0.05, 0.1) is 18.7 Å². The highest BCUT2D eigenvalue weighted by atomic mass is 79.9. The Morgan fingerprint density at radius 3 is 2.53 bits per heavy atom. The van der Waals surface area contributed by atoms with Crippen LogP contribution >= 0.6 is 15.9 Å². The molecule has 1 saturated heterocycles. The van der Waals surface area contributed by atoms with Gasteiger partial charge in [0.1, 0.15) is 11.5 Å². The van der Waals surface area contributed by atoms with Crippen LogP contribution < -0.4 is 4.74 Å². The molecule has 1 aliphatic heterocycles. The number of hydrogen-bond acceptors (Lipinski definition) is 5. The van der Waals surface area contributed by atoms with Crippen LogP contribution in [0.15, 0.2) is 52.5 Å². The van der Waals surface area contributed by atoms with Gasteiger partial charge in [-0.3, -0.25) is 9.59 Å². The molecule has 1 amide bonds. The van der Waals surface area contributed by atoms with Crippen molar-refractivity contribution in [2.75, 3.05) is 34.3 Å². The van der Waals surface area contributed by atoms with E-state index in [0.717, 1.165) is 15.6 Å². The number of aliphatic hydroxyl groups is 1. The van der Waals surface area contributed by atoms with Crippen molar-refractivity contribution in [3.63, 3.8) is 0 Å². The first-order valence-corrected chi connectivity index (χ1v) is 10.4. The first kappa shape index (κ1) is 22.1. The Morgan fingerprint density at radius 2 is 1.93 bits per heavy atom. The van der Waals surface area contributed by atoms with Crippen LogP contribution in [-0.4, -0.2) is 60.9 Å². The molecule has 0 saturated carbocycles. The predicted octanol–water partition coefficient (Wildman–Crippen LogP) is 3.75. The molecule has 1 N–H and O–H groups in total. The zero-order chi connectivity index (χ0) is 22.0. The van der Waals surface area contributed by atoms with Gasteiger partial charge in [0.2, 0.25) is 0 Å². The van der Waals surface area contributed by atoms with Crippen LogP contribution in [0, 0.1) is 6.92 Å². The normalized spacial score (nSPS) is 18.3. The molecule has 0 unspecified atom stereocenters. The van der Waals surface area contributed by atoms with Crippen molar-refractivity contribution in [2.24, 2.45) is 0 Å². The third-order valence-electron chi connectivity index (χ3n) is 5.16. The summed E-state index contributed by atoms with van der Waals surface area (Å²) in [4.78, 5) is 29.4. The summed E-state index contributed by atoms with van der Waals surface area (Å²) in [5, 5.41) is 11.1. The second-order valence-corrected chi connectivity index (χ2v) is 8.45. The fourth-order valence-electron chi connectivity index (χ4n) is 3.62. The quantitative estimate of drug-likeness (QED) is 0.393. The summed E-state index contributed by atoms with van der Waals surface area (Å²) in [6.07, 6.45) is 0. The molecule has 1 atom stereocenters. The molecular weight excluding hydrogens is 448 g/mol. The number of Topliss-reactive ketones (excluding diaryl/α,β-unsaturated/α-hetero) is 1. The van der Waals surface area contributed by atoms with Gasteiger partial charge in [-0.2, -0.15) is 0 Å². The first-order chi connectivity index (χ1) is 14.2. The van der Waals surface area contributed by atoms with Crippen LogP contribution in [0.5, 0.6) is 5.75 Å². The maximum absolute atomic E-state index is 13.0. The lowest BCUT2D eigenvalue weighted by molar-refractivity contribution is -0.140. The van der Waals surface area contributed by atoms with Gasteiger partial charge in [-0.15, -0.1) is 0 Å². The molecule has 1 fully saturated rings. The summed E-state index contributed by atoms with van der Waals surface area (Å²) in [6, 6.07) is 12.0. The number of amides is 1. The topological polar surface area (TPSA) is 70.1 Å². The Morgan fingerprint density at radius 1 is 1.20 bits per heavy atom. The second-order valence-electron chi connectivity index (χ2n) is 7.54. The van der Waals surface area contributed by atoms with Gasteiger partial charge in [-0.25, -0.2) is 0 Å². The van der Waals surface area contributed by atoms with Crippen molar-refractivity contribution in [1.29, 1.82) is 0 Å². The maximum Gasteiger partial charge on any atom is 0.295 e. The number of halogens is 1. The number of nitrogens with zero attached hydrogens (tertiary/aromatic N) is 2. The maximum atomic E-state index is 13.0. The fourth-order valence-corrected chi connectivity index (χ4v) is 4.04. The van der Waals surface area contributed by atoms with Gasteiger partial charge in [0.25, 0.3) is 11.7 Å². The fraction of sp³-hybridized carbons (Fsp3) is 0.304. The molecule has 6 nitrogen and oxygen atoms in total. The van der Waals surface area contributed by atoms with E-state index in [9.17, 15) is 14.7 Å². The molecule has 2 aromatic rings. The van der Waals surface area contributed by atoms with Gasteiger partial charge in [-0.05, 0) is 62.5 Å². The van der Waals surface area contributed by atoms with E-state index in [0.29, 0.717) is 24.4 Å². The second kappa shape index (κ2) is 9.02. The van der Waals surface area contributed by atoms with Crippen LogP contribution in [0.4, 0.5) is 0 Å². The number of aliphatic hydroxyl groups excluding tert-OH is 1. The third kappa shape index (κ3) is 4.27. The Bertz CT molecular complexity index is 1020. The highest BCUT2D eigenvalue weighted by Crippen LogP contribution is 2.40. The number of benzene rings is 2. The molecule has 0 spiro atoms. The van der Waals surface area contributed by atoms with Crippen molar-refractivity contribution in [3.8, 4) is 5.75 Å². The lowest BCUT2D eigenvalue weighted by Crippen LogP contribution is -2.35. The van der Waals surface area contributed by atoms with E-state index in [1.54, 1.807) is 25.3 Å². The van der Waals surface area contributed by atoms with Gasteiger partial charge in [0, 0.05) is 23.1 Å². The molecule has 158 valence electrons. The minimum Gasteiger partial charge on any atom is -0.507 e. The average molecular weight is 473 g/mol. The molecule has 1 heterocycles. The van der Waals surface area contributed by atoms with Crippen molar-refractivity contribution in [1.82, 2.24) is 9.80 Å². The van der Waals surface area contributed by atoms with Crippen molar-refractivity contribution < 1.29 is 19.4 Å². The van der Waals surface area contributed by atoms with Gasteiger partial charge >= 0.3 is 0 Å². The number of carbonyl (C=O) groups is 2. The van der Waals surface area contributed by atoms with Crippen LogP contribution in [-0.2, 0) is 9.59 Å². The molecular formula is C23H25BrN2O4. The SMILES string of the molecule is COc1ccc(/C(O)=C2\C(=O)C(=O)N(CCN(C)C)[C@H]2c2cccc(Br)c2)cc1C. The molecule has 0 aliphatic carbocycles. The number of likely N-dealkylation sites (tertiary alicyclic amines) is 1. The van der Waals surface area contributed by atoms with Crippen molar-refractivity contribution in [3.05, 3.63) is 69.2 Å². The van der Waals surface area contributed by atoms with E-state index in [-0.39, 0.29) is 11.3 Å². The predicted molar refractivity (Wildman–Crippen MR) is 119 cm³/mol. The van der Waals surface area contributed by atoms with E-state index < -0.39 is 17.7 Å². The minimum absolute atomic E-state index is 0.0985. The zero-order valence-electron chi connectivity index (χ0n) is 17.5. The number of carbonyl (C=O) groups excluding carboxylic acids is 2. The van der Waals surface area contributed by atoms with Crippen LogP contribution in [0.1, 0.15) is 22.7 Å². The average Bonchev–Trinajstić information content (AvgIpc) is 2.96. The van der Waals surface area contributed by atoms with E-state index >= 15 is 0 Å². The van der Waals surface area contributed by atoms with Gasteiger partial charge < -0.3 is 19.6 Å². The lowest BCUT2D eigenvalue weighted by Gasteiger charge is -2.26. The number of methoxy groups -OCH3 is 1. The molecule has 7 heteroatoms. The lowest BCUT2D eigenvalue weighted by atomic mass is 9.95. The number of ketones is 1. The summed E-state index contributed by atoms with van der Waals surface area (Å²) in [7, 11) is 5.39. The molecule has 0 bridgehead atoms. The zero-order valence-corrected chi connectivity index (χ0v) is 19.1. The number of likely N-dealkylation sites (N-methyl/N-ethyl adjacent to an activating group) is 1. The number of aryl methyl sites for hydroxylation is 1. The van der Waals surface area contributed by atoms with E-state index in [2.05, 4.69) is 15.9 Å². The summed E-state index contributed by atoms with van der Waals surface area (Å²) in [5.41, 5.74) is 2.15. The largest absolute Gasteiger partial charge is 0.507 e. The third-order valence-corrected chi connectivity index (χ3v) is 5.65.